The lowest BCUT2D eigenvalue weighted by Gasteiger charge is -2.41. The van der Waals surface area contributed by atoms with Crippen LogP contribution in [0.3, 0.4) is 0 Å². The van der Waals surface area contributed by atoms with Crippen LogP contribution in [0.5, 0.6) is 0 Å². The van der Waals surface area contributed by atoms with E-state index >= 15 is 0 Å². The number of rotatable bonds is 5. The van der Waals surface area contributed by atoms with Gasteiger partial charge in [0, 0.05) is 15.8 Å². The Morgan fingerprint density at radius 2 is 2.28 bits per heavy atom. The maximum atomic E-state index is 3.38. The number of nitrogens with one attached hydrogen (secondary N) is 1. The quantitative estimate of drug-likeness (QED) is 0.878. The number of aryl methyl sites for hydroxylation is 1. The molecule has 0 bridgehead atoms. The largest absolute Gasteiger partial charge is 0.319 e. The van der Waals surface area contributed by atoms with E-state index in [2.05, 4.69) is 43.2 Å². The second kappa shape index (κ2) is 6.69. The fraction of sp³-hybridized carbons (Fsp3) is 0.733. The lowest BCUT2D eigenvalue weighted by atomic mass is 9.88. The van der Waals surface area contributed by atoms with Crippen LogP contribution >= 0.6 is 11.3 Å². The zero-order valence-electron chi connectivity index (χ0n) is 11.9. The standard InChI is InChI=1S/C15H26N2S/c1-4-9-17-10-5-6-13(11-16-3)15(17)14-8-7-12(2)18-14/h7-8,13,15-16H,4-6,9-11H2,1-3H3. The first-order valence-corrected chi connectivity index (χ1v) is 8.03. The summed E-state index contributed by atoms with van der Waals surface area (Å²) in [7, 11) is 2.08. The second-order valence-corrected chi connectivity index (χ2v) is 6.71. The molecule has 0 aliphatic carbocycles. The molecule has 0 saturated carbocycles. The molecule has 1 aliphatic rings. The second-order valence-electron chi connectivity index (χ2n) is 5.39. The van der Waals surface area contributed by atoms with Crippen molar-refractivity contribution in [2.75, 3.05) is 26.7 Å². The molecule has 1 aromatic heterocycles. The number of hydrogen-bond acceptors (Lipinski definition) is 3. The summed E-state index contributed by atoms with van der Waals surface area (Å²) in [6.07, 6.45) is 3.98. The van der Waals surface area contributed by atoms with Gasteiger partial charge in [-0.05, 0) is 70.9 Å². The highest BCUT2D eigenvalue weighted by Crippen LogP contribution is 2.38. The maximum Gasteiger partial charge on any atom is 0.0481 e. The highest BCUT2D eigenvalue weighted by atomic mass is 32.1. The molecule has 2 heterocycles. The van der Waals surface area contributed by atoms with E-state index in [1.807, 2.05) is 11.3 Å². The first-order valence-electron chi connectivity index (χ1n) is 7.21. The van der Waals surface area contributed by atoms with Crippen molar-refractivity contribution < 1.29 is 0 Å². The van der Waals surface area contributed by atoms with Crippen LogP contribution in [0, 0.1) is 12.8 Å². The van der Waals surface area contributed by atoms with Crippen molar-refractivity contribution in [3.8, 4) is 0 Å². The molecule has 1 aromatic rings. The molecule has 1 N–H and O–H groups in total. The van der Waals surface area contributed by atoms with Crippen LogP contribution in [0.25, 0.3) is 0 Å². The highest BCUT2D eigenvalue weighted by molar-refractivity contribution is 7.12. The molecule has 2 nitrogen and oxygen atoms in total. The number of likely N-dealkylation sites (tertiary alicyclic amines) is 1. The molecule has 2 atom stereocenters. The van der Waals surface area contributed by atoms with Gasteiger partial charge in [-0.1, -0.05) is 6.92 Å². The molecular weight excluding hydrogens is 240 g/mol. The fourth-order valence-corrected chi connectivity index (χ4v) is 4.30. The van der Waals surface area contributed by atoms with E-state index in [1.165, 1.54) is 37.2 Å². The molecule has 102 valence electrons. The molecule has 18 heavy (non-hydrogen) atoms. The van der Waals surface area contributed by atoms with Crippen LogP contribution in [0.2, 0.25) is 0 Å². The van der Waals surface area contributed by atoms with Crippen molar-refractivity contribution in [2.24, 2.45) is 5.92 Å². The zero-order valence-corrected chi connectivity index (χ0v) is 12.7. The molecule has 3 heteroatoms. The molecule has 0 radical (unpaired) electrons. The van der Waals surface area contributed by atoms with Crippen molar-refractivity contribution in [2.45, 2.75) is 39.2 Å². The van der Waals surface area contributed by atoms with Crippen molar-refractivity contribution in [1.29, 1.82) is 0 Å². The molecule has 0 aromatic carbocycles. The van der Waals surface area contributed by atoms with E-state index in [0.717, 1.165) is 12.5 Å². The number of hydrogen-bond donors (Lipinski definition) is 1. The van der Waals surface area contributed by atoms with Crippen LogP contribution in [-0.2, 0) is 0 Å². The summed E-state index contributed by atoms with van der Waals surface area (Å²) in [4.78, 5) is 5.72. The summed E-state index contributed by atoms with van der Waals surface area (Å²) in [6.45, 7) is 8.16. The fourth-order valence-electron chi connectivity index (χ4n) is 3.19. The summed E-state index contributed by atoms with van der Waals surface area (Å²) in [5.41, 5.74) is 0. The van der Waals surface area contributed by atoms with Gasteiger partial charge in [0.1, 0.15) is 0 Å². The van der Waals surface area contributed by atoms with Crippen LogP contribution in [0.1, 0.15) is 42.0 Å². The molecule has 0 spiro atoms. The van der Waals surface area contributed by atoms with E-state index in [0.29, 0.717) is 6.04 Å². The third-order valence-electron chi connectivity index (χ3n) is 3.89. The summed E-state index contributed by atoms with van der Waals surface area (Å²) in [5, 5.41) is 3.38. The van der Waals surface area contributed by atoms with E-state index in [9.17, 15) is 0 Å². The smallest absolute Gasteiger partial charge is 0.0481 e. The molecule has 1 saturated heterocycles. The Bertz CT molecular complexity index is 343. The van der Waals surface area contributed by atoms with E-state index in [1.54, 1.807) is 4.88 Å². The lowest BCUT2D eigenvalue weighted by Crippen LogP contribution is -2.42. The first-order chi connectivity index (χ1) is 8.76. The number of piperidine rings is 1. The van der Waals surface area contributed by atoms with Gasteiger partial charge in [0.15, 0.2) is 0 Å². The van der Waals surface area contributed by atoms with Gasteiger partial charge in [-0.3, -0.25) is 4.90 Å². The third-order valence-corrected chi connectivity index (χ3v) is 4.96. The minimum Gasteiger partial charge on any atom is -0.319 e. The van der Waals surface area contributed by atoms with Gasteiger partial charge in [-0.15, -0.1) is 11.3 Å². The van der Waals surface area contributed by atoms with Gasteiger partial charge in [0.2, 0.25) is 0 Å². The van der Waals surface area contributed by atoms with Crippen molar-refractivity contribution >= 4 is 11.3 Å². The van der Waals surface area contributed by atoms with E-state index < -0.39 is 0 Å². The van der Waals surface area contributed by atoms with Gasteiger partial charge in [-0.2, -0.15) is 0 Å². The average Bonchev–Trinajstić information content (AvgIpc) is 2.77. The Labute approximate surface area is 115 Å². The number of thiophene rings is 1. The Morgan fingerprint density at radius 1 is 1.44 bits per heavy atom. The van der Waals surface area contributed by atoms with Crippen LogP contribution in [0.15, 0.2) is 12.1 Å². The minimum atomic E-state index is 0.643. The van der Waals surface area contributed by atoms with Crippen LogP contribution in [-0.4, -0.2) is 31.6 Å². The molecule has 2 unspecified atom stereocenters. The summed E-state index contributed by atoms with van der Waals surface area (Å²) < 4.78 is 0. The summed E-state index contributed by atoms with van der Waals surface area (Å²) in [6, 6.07) is 5.26. The van der Waals surface area contributed by atoms with Gasteiger partial charge in [0.05, 0.1) is 0 Å². The van der Waals surface area contributed by atoms with Gasteiger partial charge >= 0.3 is 0 Å². The van der Waals surface area contributed by atoms with E-state index in [-0.39, 0.29) is 0 Å². The summed E-state index contributed by atoms with van der Waals surface area (Å²) in [5.74, 6) is 0.772. The van der Waals surface area contributed by atoms with Gasteiger partial charge in [0.25, 0.3) is 0 Å². The summed E-state index contributed by atoms with van der Waals surface area (Å²) >= 11 is 1.98. The van der Waals surface area contributed by atoms with Crippen molar-refractivity contribution in [1.82, 2.24) is 10.2 Å². The molecule has 1 aliphatic heterocycles. The Balaban J connectivity index is 2.20. The topological polar surface area (TPSA) is 15.3 Å². The SMILES string of the molecule is CCCN1CCCC(CNC)C1c1ccc(C)s1. The normalized spacial score (nSPS) is 25.5. The minimum absolute atomic E-state index is 0.643. The lowest BCUT2D eigenvalue weighted by molar-refractivity contribution is 0.0949. The molecule has 1 fully saturated rings. The maximum absolute atomic E-state index is 3.38. The van der Waals surface area contributed by atoms with Gasteiger partial charge < -0.3 is 5.32 Å². The first kappa shape index (κ1) is 14.0. The molecular formula is C15H26N2S. The predicted molar refractivity (Wildman–Crippen MR) is 80.3 cm³/mol. The van der Waals surface area contributed by atoms with E-state index in [4.69, 9.17) is 0 Å². The highest BCUT2D eigenvalue weighted by Gasteiger charge is 2.32. The third kappa shape index (κ3) is 3.14. The predicted octanol–water partition coefficient (Wildman–Crippen LogP) is 3.44. The zero-order chi connectivity index (χ0) is 13.0. The van der Waals surface area contributed by atoms with Crippen LogP contribution in [0.4, 0.5) is 0 Å². The monoisotopic (exact) mass is 266 g/mol. The van der Waals surface area contributed by atoms with Gasteiger partial charge in [-0.25, -0.2) is 0 Å². The molecule has 0 amide bonds. The van der Waals surface area contributed by atoms with Crippen molar-refractivity contribution in [3.63, 3.8) is 0 Å². The molecule has 2 rings (SSSR count). The van der Waals surface area contributed by atoms with Crippen LogP contribution < -0.4 is 5.32 Å². The average molecular weight is 266 g/mol. The number of nitrogens with zero attached hydrogens (tertiary/aromatic N) is 1. The van der Waals surface area contributed by atoms with Crippen molar-refractivity contribution in [3.05, 3.63) is 21.9 Å². The Morgan fingerprint density at radius 3 is 2.89 bits per heavy atom. The Hall–Kier alpha value is -0.380. The Kier molecular flexibility index (Phi) is 5.22.